The molecular formula is C22H27N3O3S. The van der Waals surface area contributed by atoms with Gasteiger partial charge in [0.05, 0.1) is 13.2 Å². The molecule has 0 spiro atoms. The van der Waals surface area contributed by atoms with Crippen molar-refractivity contribution in [2.75, 3.05) is 19.5 Å². The van der Waals surface area contributed by atoms with Crippen LogP contribution in [0, 0.1) is 0 Å². The van der Waals surface area contributed by atoms with Crippen LogP contribution in [0.25, 0.3) is 11.4 Å². The lowest BCUT2D eigenvalue weighted by Gasteiger charge is -2.16. The van der Waals surface area contributed by atoms with Crippen LogP contribution in [0.2, 0.25) is 0 Å². The van der Waals surface area contributed by atoms with Gasteiger partial charge in [-0.1, -0.05) is 43.8 Å². The van der Waals surface area contributed by atoms with Gasteiger partial charge in [-0.25, -0.2) is 0 Å². The summed E-state index contributed by atoms with van der Waals surface area (Å²) in [5.74, 6) is 3.23. The maximum Gasteiger partial charge on any atom is 0.191 e. The molecule has 0 aliphatic heterocycles. The molecule has 1 heterocycles. The first-order valence-corrected chi connectivity index (χ1v) is 10.5. The Labute approximate surface area is 175 Å². The predicted molar refractivity (Wildman–Crippen MR) is 116 cm³/mol. The molecule has 1 aromatic heterocycles. The number of aliphatic hydroxyl groups is 1. The zero-order valence-electron chi connectivity index (χ0n) is 17.2. The molecule has 0 aliphatic rings. The van der Waals surface area contributed by atoms with Gasteiger partial charge in [0, 0.05) is 18.4 Å². The van der Waals surface area contributed by atoms with Crippen LogP contribution in [0.5, 0.6) is 11.5 Å². The lowest BCUT2D eigenvalue weighted by molar-refractivity contribution is 0.125. The Hall–Kier alpha value is -2.51. The first-order chi connectivity index (χ1) is 14.0. The molecule has 0 saturated heterocycles. The second-order valence-electron chi connectivity index (χ2n) is 7.06. The van der Waals surface area contributed by atoms with E-state index in [1.165, 1.54) is 11.8 Å². The van der Waals surface area contributed by atoms with E-state index in [2.05, 4.69) is 30.1 Å². The third-order valence-corrected chi connectivity index (χ3v) is 5.73. The van der Waals surface area contributed by atoms with Crippen molar-refractivity contribution in [1.29, 1.82) is 0 Å². The van der Waals surface area contributed by atoms with E-state index in [1.807, 2.05) is 54.1 Å². The fourth-order valence-electron chi connectivity index (χ4n) is 2.93. The van der Waals surface area contributed by atoms with Gasteiger partial charge in [0.1, 0.15) is 18.1 Å². The number of aliphatic hydroxyl groups excluding tert-OH is 1. The Morgan fingerprint density at radius 2 is 1.79 bits per heavy atom. The molecule has 154 valence electrons. The van der Waals surface area contributed by atoms with Gasteiger partial charge in [-0.05, 0) is 41.8 Å². The summed E-state index contributed by atoms with van der Waals surface area (Å²) in [4.78, 5) is 0. The summed E-state index contributed by atoms with van der Waals surface area (Å²) in [6.07, 6.45) is -0.610. The normalized spacial score (nSPS) is 12.2. The van der Waals surface area contributed by atoms with E-state index < -0.39 is 6.10 Å². The van der Waals surface area contributed by atoms with Crippen molar-refractivity contribution in [3.8, 4) is 22.9 Å². The Bertz CT molecular complexity index is 925. The van der Waals surface area contributed by atoms with Gasteiger partial charge in [-0.2, -0.15) is 0 Å². The van der Waals surface area contributed by atoms with Crippen molar-refractivity contribution in [3.05, 3.63) is 54.1 Å². The molecule has 0 unspecified atom stereocenters. The molecule has 29 heavy (non-hydrogen) atoms. The molecule has 7 heteroatoms. The van der Waals surface area contributed by atoms with Crippen molar-refractivity contribution >= 4 is 11.8 Å². The summed E-state index contributed by atoms with van der Waals surface area (Å²) in [7, 11) is 3.56. The second-order valence-corrected chi connectivity index (χ2v) is 8.05. The highest BCUT2D eigenvalue weighted by Gasteiger charge is 2.15. The van der Waals surface area contributed by atoms with Gasteiger partial charge in [0.25, 0.3) is 0 Å². The average Bonchev–Trinajstić information content (AvgIpc) is 3.11. The summed E-state index contributed by atoms with van der Waals surface area (Å²) in [5.41, 5.74) is 2.10. The van der Waals surface area contributed by atoms with Crippen molar-refractivity contribution in [2.24, 2.45) is 7.05 Å². The summed E-state index contributed by atoms with van der Waals surface area (Å²) >= 11 is 1.46. The first kappa shape index (κ1) is 21.2. The van der Waals surface area contributed by atoms with Crippen molar-refractivity contribution in [3.63, 3.8) is 0 Å². The van der Waals surface area contributed by atoms with E-state index in [9.17, 15) is 5.11 Å². The number of rotatable bonds is 9. The molecule has 0 amide bonds. The molecule has 0 saturated carbocycles. The minimum atomic E-state index is -0.610. The van der Waals surface area contributed by atoms with E-state index in [4.69, 9.17) is 9.47 Å². The van der Waals surface area contributed by atoms with Crippen LogP contribution >= 0.6 is 11.8 Å². The molecule has 1 N–H and O–H groups in total. The molecule has 3 aromatic rings. The molecule has 2 aromatic carbocycles. The number of nitrogens with zero attached hydrogens (tertiary/aromatic N) is 3. The lowest BCUT2D eigenvalue weighted by Crippen LogP contribution is -2.20. The van der Waals surface area contributed by atoms with Crippen LogP contribution in [0.1, 0.15) is 25.3 Å². The monoisotopic (exact) mass is 413 g/mol. The van der Waals surface area contributed by atoms with E-state index in [-0.39, 0.29) is 6.61 Å². The van der Waals surface area contributed by atoms with Gasteiger partial charge in [0.2, 0.25) is 0 Å². The standard InChI is InChI=1S/C22H27N3O3S/c1-15(2)19-7-5-6-8-20(19)28-13-17(26)14-29-22-24-23-21(25(22)3)16-9-11-18(27-4)12-10-16/h5-12,15,17,26H,13-14H2,1-4H3/t17-/m1/s1. The van der Waals surface area contributed by atoms with Crippen LogP contribution in [0.4, 0.5) is 0 Å². The maximum atomic E-state index is 10.4. The predicted octanol–water partition coefficient (Wildman–Crippen LogP) is 4.15. The highest BCUT2D eigenvalue weighted by Crippen LogP contribution is 2.27. The fraction of sp³-hybridized carbons (Fsp3) is 0.364. The SMILES string of the molecule is COc1ccc(-c2nnc(SC[C@H](O)COc3ccccc3C(C)C)n2C)cc1. The van der Waals surface area contributed by atoms with E-state index >= 15 is 0 Å². The molecule has 0 radical (unpaired) electrons. The minimum absolute atomic E-state index is 0.236. The van der Waals surface area contributed by atoms with E-state index in [0.29, 0.717) is 11.7 Å². The second kappa shape index (κ2) is 9.80. The fourth-order valence-corrected chi connectivity index (χ4v) is 3.74. The van der Waals surface area contributed by atoms with Crippen molar-refractivity contribution < 1.29 is 14.6 Å². The molecule has 0 bridgehead atoms. The minimum Gasteiger partial charge on any atom is -0.497 e. The third kappa shape index (κ3) is 5.31. The Morgan fingerprint density at radius 3 is 2.48 bits per heavy atom. The Kier molecular flexibility index (Phi) is 7.17. The quantitative estimate of drug-likeness (QED) is 0.532. The number of hydrogen-bond acceptors (Lipinski definition) is 6. The summed E-state index contributed by atoms with van der Waals surface area (Å²) in [5, 5.41) is 19.6. The molecular weight excluding hydrogens is 386 g/mol. The Balaban J connectivity index is 1.57. The van der Waals surface area contributed by atoms with E-state index in [0.717, 1.165) is 33.6 Å². The van der Waals surface area contributed by atoms with Gasteiger partial charge < -0.3 is 19.1 Å². The number of para-hydroxylation sites is 1. The zero-order valence-corrected chi connectivity index (χ0v) is 18.0. The van der Waals surface area contributed by atoms with Crippen LogP contribution in [0.15, 0.2) is 53.7 Å². The summed E-state index contributed by atoms with van der Waals surface area (Å²) in [6, 6.07) is 15.6. The highest BCUT2D eigenvalue weighted by molar-refractivity contribution is 7.99. The Morgan fingerprint density at radius 1 is 1.07 bits per heavy atom. The number of aromatic nitrogens is 3. The average molecular weight is 414 g/mol. The van der Waals surface area contributed by atoms with Gasteiger partial charge in [-0.3, -0.25) is 0 Å². The van der Waals surface area contributed by atoms with Crippen LogP contribution in [-0.4, -0.2) is 45.4 Å². The molecule has 0 aliphatic carbocycles. The molecule has 1 atom stereocenters. The van der Waals surface area contributed by atoms with Gasteiger partial charge in [0.15, 0.2) is 11.0 Å². The molecule has 6 nitrogen and oxygen atoms in total. The smallest absolute Gasteiger partial charge is 0.191 e. The van der Waals surface area contributed by atoms with Crippen LogP contribution in [0.3, 0.4) is 0 Å². The maximum absolute atomic E-state index is 10.4. The number of ether oxygens (including phenoxy) is 2. The van der Waals surface area contributed by atoms with Crippen LogP contribution < -0.4 is 9.47 Å². The highest BCUT2D eigenvalue weighted by atomic mass is 32.2. The zero-order chi connectivity index (χ0) is 20.8. The molecule has 0 fully saturated rings. The number of thioether (sulfide) groups is 1. The third-order valence-electron chi connectivity index (χ3n) is 4.56. The topological polar surface area (TPSA) is 69.4 Å². The van der Waals surface area contributed by atoms with Gasteiger partial charge >= 0.3 is 0 Å². The first-order valence-electron chi connectivity index (χ1n) is 9.56. The van der Waals surface area contributed by atoms with Crippen LogP contribution in [-0.2, 0) is 7.05 Å². The number of hydrogen-bond donors (Lipinski definition) is 1. The van der Waals surface area contributed by atoms with E-state index in [1.54, 1.807) is 7.11 Å². The molecule has 3 rings (SSSR count). The van der Waals surface area contributed by atoms with Gasteiger partial charge in [-0.15, -0.1) is 10.2 Å². The summed E-state index contributed by atoms with van der Waals surface area (Å²) in [6.45, 7) is 4.49. The summed E-state index contributed by atoms with van der Waals surface area (Å²) < 4.78 is 13.0. The van der Waals surface area contributed by atoms with Crippen molar-refractivity contribution in [1.82, 2.24) is 14.8 Å². The van der Waals surface area contributed by atoms with Crippen molar-refractivity contribution in [2.45, 2.75) is 31.0 Å². The number of methoxy groups -OCH3 is 1. The number of benzene rings is 2. The largest absolute Gasteiger partial charge is 0.497 e. The lowest BCUT2D eigenvalue weighted by atomic mass is 10.0.